The summed E-state index contributed by atoms with van der Waals surface area (Å²) in [5.74, 6) is 0. The zero-order valence-electron chi connectivity index (χ0n) is 13.2. The molecular formula is C18H28N2O. The first-order valence-corrected chi connectivity index (χ1v) is 8.52. The molecule has 3 nitrogen and oxygen atoms in total. The highest BCUT2D eigenvalue weighted by molar-refractivity contribution is 5.31. The number of piperidine rings is 1. The van der Waals surface area contributed by atoms with Gasteiger partial charge in [0.15, 0.2) is 0 Å². The van der Waals surface area contributed by atoms with Crippen molar-refractivity contribution in [2.24, 2.45) is 0 Å². The van der Waals surface area contributed by atoms with Gasteiger partial charge < -0.3 is 10.1 Å². The smallest absolute Gasteiger partial charge is 0.0954 e. The lowest BCUT2D eigenvalue weighted by Gasteiger charge is -2.38. The van der Waals surface area contributed by atoms with Crippen molar-refractivity contribution >= 4 is 0 Å². The molecule has 0 aliphatic carbocycles. The van der Waals surface area contributed by atoms with E-state index in [2.05, 4.69) is 41.4 Å². The largest absolute Gasteiger partial charge is 0.372 e. The summed E-state index contributed by atoms with van der Waals surface area (Å²) in [6, 6.07) is 9.54. The Morgan fingerprint density at radius 3 is 2.86 bits per heavy atom. The number of benzene rings is 1. The maximum Gasteiger partial charge on any atom is 0.0954 e. The monoisotopic (exact) mass is 288 g/mol. The Morgan fingerprint density at radius 1 is 1.24 bits per heavy atom. The molecule has 1 unspecified atom stereocenters. The summed E-state index contributed by atoms with van der Waals surface area (Å²) in [5.41, 5.74) is 2.90. The summed E-state index contributed by atoms with van der Waals surface area (Å²) in [6.07, 6.45) is 5.09. The van der Waals surface area contributed by atoms with Crippen molar-refractivity contribution in [3.63, 3.8) is 0 Å². The fourth-order valence-corrected chi connectivity index (χ4v) is 3.72. The van der Waals surface area contributed by atoms with Gasteiger partial charge in [0, 0.05) is 12.6 Å². The number of hydrogen-bond donors (Lipinski definition) is 1. The molecule has 0 amide bonds. The molecule has 1 fully saturated rings. The molecule has 0 saturated carbocycles. The van der Waals surface area contributed by atoms with Crippen LogP contribution in [0.25, 0.3) is 0 Å². The van der Waals surface area contributed by atoms with Crippen LogP contribution in [-0.4, -0.2) is 43.7 Å². The average molecular weight is 288 g/mol. The van der Waals surface area contributed by atoms with Crippen molar-refractivity contribution < 1.29 is 4.74 Å². The fourth-order valence-electron chi connectivity index (χ4n) is 3.72. The molecule has 1 aromatic carbocycles. The van der Waals surface area contributed by atoms with Crippen molar-refractivity contribution in [2.45, 2.75) is 44.8 Å². The Kier molecular flexibility index (Phi) is 5.28. The van der Waals surface area contributed by atoms with Gasteiger partial charge in [0.2, 0.25) is 0 Å². The first-order chi connectivity index (χ1) is 10.4. The van der Waals surface area contributed by atoms with Gasteiger partial charge in [-0.1, -0.05) is 31.2 Å². The molecule has 1 aromatic rings. The van der Waals surface area contributed by atoms with Gasteiger partial charge in [0.1, 0.15) is 0 Å². The summed E-state index contributed by atoms with van der Waals surface area (Å²) in [4.78, 5) is 2.67. The van der Waals surface area contributed by atoms with Crippen LogP contribution in [0, 0.1) is 0 Å². The normalized spacial score (nSPS) is 23.2. The van der Waals surface area contributed by atoms with Gasteiger partial charge in [-0.25, -0.2) is 0 Å². The van der Waals surface area contributed by atoms with Crippen molar-refractivity contribution in [3.05, 3.63) is 35.4 Å². The molecule has 21 heavy (non-hydrogen) atoms. The van der Waals surface area contributed by atoms with Crippen molar-refractivity contribution in [1.82, 2.24) is 10.2 Å². The van der Waals surface area contributed by atoms with E-state index in [0.717, 1.165) is 38.7 Å². The number of nitrogens with zero attached hydrogens (tertiary/aromatic N) is 1. The molecule has 116 valence electrons. The van der Waals surface area contributed by atoms with E-state index in [-0.39, 0.29) is 6.10 Å². The van der Waals surface area contributed by atoms with E-state index in [0.29, 0.717) is 0 Å². The van der Waals surface area contributed by atoms with Crippen LogP contribution in [0.4, 0.5) is 0 Å². The van der Waals surface area contributed by atoms with Crippen LogP contribution in [0.2, 0.25) is 0 Å². The van der Waals surface area contributed by atoms with E-state index < -0.39 is 0 Å². The number of nitrogens with one attached hydrogen (secondary N) is 1. The molecule has 3 heteroatoms. The minimum Gasteiger partial charge on any atom is -0.372 e. The first kappa shape index (κ1) is 15.0. The van der Waals surface area contributed by atoms with Crippen molar-refractivity contribution in [1.29, 1.82) is 0 Å². The van der Waals surface area contributed by atoms with Gasteiger partial charge >= 0.3 is 0 Å². The second-order valence-electron chi connectivity index (χ2n) is 6.28. The summed E-state index contributed by atoms with van der Waals surface area (Å²) in [6.45, 7) is 7.71. The molecule has 0 bridgehead atoms. The molecule has 2 aliphatic heterocycles. The Labute approximate surface area is 128 Å². The number of ether oxygens (including phenoxy) is 1. The van der Waals surface area contributed by atoms with E-state index in [1.807, 2.05) is 0 Å². The first-order valence-electron chi connectivity index (χ1n) is 8.52. The Morgan fingerprint density at radius 2 is 2.05 bits per heavy atom. The zero-order valence-corrected chi connectivity index (χ0v) is 13.2. The Balaban J connectivity index is 1.71. The zero-order chi connectivity index (χ0) is 14.5. The van der Waals surface area contributed by atoms with Crippen molar-refractivity contribution in [2.75, 3.05) is 32.8 Å². The van der Waals surface area contributed by atoms with Crippen LogP contribution < -0.4 is 5.32 Å². The predicted molar refractivity (Wildman–Crippen MR) is 86.6 cm³/mol. The number of fused-ring (bicyclic) bond motifs is 1. The average Bonchev–Trinajstić information content (AvgIpc) is 2.55. The summed E-state index contributed by atoms with van der Waals surface area (Å²) < 4.78 is 6.11. The van der Waals surface area contributed by atoms with E-state index in [4.69, 9.17) is 4.74 Å². The van der Waals surface area contributed by atoms with Gasteiger partial charge in [0.05, 0.1) is 12.7 Å². The standard InChI is InChI=1S/C18H28N2O/c1-2-12-20(16-7-10-19-11-8-16)14-18-17-6-4-3-5-15(17)9-13-21-18/h3-6,16,18-19H,2,7-14H2,1H3. The van der Waals surface area contributed by atoms with Gasteiger partial charge in [0.25, 0.3) is 0 Å². The third-order valence-corrected chi connectivity index (χ3v) is 4.83. The quantitative estimate of drug-likeness (QED) is 0.901. The lowest BCUT2D eigenvalue weighted by molar-refractivity contribution is 0.00223. The van der Waals surface area contributed by atoms with Gasteiger partial charge in [-0.2, -0.15) is 0 Å². The molecule has 0 aromatic heterocycles. The second kappa shape index (κ2) is 7.39. The third kappa shape index (κ3) is 3.65. The van der Waals surface area contributed by atoms with Crippen LogP contribution >= 0.6 is 0 Å². The highest BCUT2D eigenvalue weighted by atomic mass is 16.5. The minimum atomic E-state index is 0.261. The molecule has 0 radical (unpaired) electrons. The maximum atomic E-state index is 6.11. The van der Waals surface area contributed by atoms with E-state index >= 15 is 0 Å². The van der Waals surface area contributed by atoms with Crippen LogP contribution in [0.15, 0.2) is 24.3 Å². The maximum absolute atomic E-state index is 6.11. The lowest BCUT2D eigenvalue weighted by atomic mass is 9.96. The Hall–Kier alpha value is -0.900. The number of rotatable bonds is 5. The van der Waals surface area contributed by atoms with Crippen LogP contribution in [0.1, 0.15) is 43.4 Å². The molecule has 1 saturated heterocycles. The predicted octanol–water partition coefficient (Wildman–Crippen LogP) is 2.76. The van der Waals surface area contributed by atoms with Gasteiger partial charge in [-0.15, -0.1) is 0 Å². The van der Waals surface area contributed by atoms with E-state index in [1.165, 1.54) is 36.9 Å². The molecular weight excluding hydrogens is 260 g/mol. The van der Waals surface area contributed by atoms with E-state index in [1.54, 1.807) is 0 Å². The van der Waals surface area contributed by atoms with Crippen LogP contribution in [0.5, 0.6) is 0 Å². The Bertz CT molecular complexity index is 443. The highest BCUT2D eigenvalue weighted by Gasteiger charge is 2.27. The summed E-state index contributed by atoms with van der Waals surface area (Å²) in [5, 5.41) is 3.47. The topological polar surface area (TPSA) is 24.5 Å². The third-order valence-electron chi connectivity index (χ3n) is 4.83. The molecule has 1 atom stereocenters. The SMILES string of the molecule is CCCN(CC1OCCc2ccccc21)C1CCNCC1. The number of hydrogen-bond acceptors (Lipinski definition) is 3. The van der Waals surface area contributed by atoms with Crippen molar-refractivity contribution in [3.8, 4) is 0 Å². The fraction of sp³-hybridized carbons (Fsp3) is 0.667. The van der Waals surface area contributed by atoms with Gasteiger partial charge in [-0.3, -0.25) is 4.90 Å². The summed E-state index contributed by atoms with van der Waals surface area (Å²) in [7, 11) is 0. The minimum absolute atomic E-state index is 0.261. The van der Waals surface area contributed by atoms with Crippen LogP contribution in [0.3, 0.4) is 0 Å². The van der Waals surface area contributed by atoms with Crippen LogP contribution in [-0.2, 0) is 11.2 Å². The van der Waals surface area contributed by atoms with Gasteiger partial charge in [-0.05, 0) is 56.4 Å². The summed E-state index contributed by atoms with van der Waals surface area (Å²) >= 11 is 0. The molecule has 1 N–H and O–H groups in total. The molecule has 2 heterocycles. The molecule has 0 spiro atoms. The highest BCUT2D eigenvalue weighted by Crippen LogP contribution is 2.29. The second-order valence-corrected chi connectivity index (χ2v) is 6.28. The van der Waals surface area contributed by atoms with E-state index in [9.17, 15) is 0 Å². The molecule has 2 aliphatic rings. The molecule has 3 rings (SSSR count). The lowest BCUT2D eigenvalue weighted by Crippen LogP contribution is -2.45.